The molecule has 2 heterocycles. The summed E-state index contributed by atoms with van der Waals surface area (Å²) in [7, 11) is 0. The maximum Gasteiger partial charge on any atom is 0.227 e. The first-order chi connectivity index (χ1) is 16.2. The molecule has 0 aliphatic rings. The summed E-state index contributed by atoms with van der Waals surface area (Å²) in [5.74, 6) is 2.07. The Morgan fingerprint density at radius 1 is 1.03 bits per heavy atom. The second-order valence-corrected chi connectivity index (χ2v) is 7.61. The lowest BCUT2D eigenvalue weighted by atomic mass is 10.1. The van der Waals surface area contributed by atoms with Crippen molar-refractivity contribution in [3.8, 4) is 28.5 Å². The third-order valence-corrected chi connectivity index (χ3v) is 4.94. The maximum atomic E-state index is 8.78. The molecule has 0 atom stereocenters. The highest BCUT2D eigenvalue weighted by Crippen LogP contribution is 2.24. The zero-order valence-corrected chi connectivity index (χ0v) is 18.6. The Balaban J connectivity index is 1.40. The quantitative estimate of drug-likeness (QED) is 0.260. The zero-order chi connectivity index (χ0) is 22.9. The van der Waals surface area contributed by atoms with Crippen molar-refractivity contribution < 1.29 is 9.84 Å². The molecule has 8 heteroatoms. The normalized spacial score (nSPS) is 10.8. The fraction of sp³-hybridized carbons (Fsp3) is 0.240. The van der Waals surface area contributed by atoms with Gasteiger partial charge in [0.25, 0.3) is 0 Å². The van der Waals surface area contributed by atoms with Crippen molar-refractivity contribution in [2.24, 2.45) is 0 Å². The van der Waals surface area contributed by atoms with Gasteiger partial charge >= 0.3 is 0 Å². The highest BCUT2D eigenvalue weighted by atomic mass is 16.5. The van der Waals surface area contributed by atoms with E-state index in [0.29, 0.717) is 19.1 Å². The summed E-state index contributed by atoms with van der Waals surface area (Å²) >= 11 is 0. The molecule has 0 aliphatic carbocycles. The molecule has 0 unspecified atom stereocenters. The molecule has 0 fully saturated rings. The predicted octanol–water partition coefficient (Wildman–Crippen LogP) is 3.94. The molecule has 0 radical (unpaired) electrons. The van der Waals surface area contributed by atoms with E-state index in [0.717, 1.165) is 47.2 Å². The van der Waals surface area contributed by atoms with Crippen LogP contribution in [-0.4, -0.2) is 51.3 Å². The molecule has 170 valence electrons. The van der Waals surface area contributed by atoms with Crippen LogP contribution in [0.4, 0.5) is 11.6 Å². The van der Waals surface area contributed by atoms with Gasteiger partial charge in [0.2, 0.25) is 5.95 Å². The van der Waals surface area contributed by atoms with E-state index in [1.54, 1.807) is 12.4 Å². The van der Waals surface area contributed by atoms with Crippen LogP contribution in [0.5, 0.6) is 5.75 Å². The molecule has 8 nitrogen and oxygen atoms in total. The molecule has 4 N–H and O–H groups in total. The fourth-order valence-corrected chi connectivity index (χ4v) is 3.34. The number of anilines is 2. The number of H-pyrrole nitrogens is 1. The van der Waals surface area contributed by atoms with E-state index in [1.165, 1.54) is 5.56 Å². The molecule has 4 aromatic rings. The summed E-state index contributed by atoms with van der Waals surface area (Å²) in [5, 5.41) is 15.1. The number of aryl methyl sites for hydroxylation is 1. The SMILES string of the molecule is Cc1cccc(-c2ncc(-c3ccnc(Nc4cccc(OCCCNCCO)c4)n3)[nH]2)c1. The Morgan fingerprint density at radius 2 is 1.94 bits per heavy atom. The molecule has 33 heavy (non-hydrogen) atoms. The van der Waals surface area contributed by atoms with Crippen LogP contribution >= 0.6 is 0 Å². The second kappa shape index (κ2) is 11.2. The van der Waals surface area contributed by atoms with Gasteiger partial charge in [0.15, 0.2) is 0 Å². The van der Waals surface area contributed by atoms with Gasteiger partial charge in [-0.05, 0) is 44.2 Å². The number of hydrogen-bond donors (Lipinski definition) is 4. The molecular weight excluding hydrogens is 416 g/mol. The van der Waals surface area contributed by atoms with Gasteiger partial charge in [0.1, 0.15) is 11.6 Å². The Morgan fingerprint density at radius 3 is 2.82 bits per heavy atom. The smallest absolute Gasteiger partial charge is 0.227 e. The topological polar surface area (TPSA) is 108 Å². The number of aliphatic hydroxyl groups excluding tert-OH is 1. The molecule has 2 aromatic heterocycles. The van der Waals surface area contributed by atoms with Crippen molar-refractivity contribution in [3.63, 3.8) is 0 Å². The number of nitrogens with zero attached hydrogens (tertiary/aromatic N) is 3. The number of benzene rings is 2. The number of imidazole rings is 1. The summed E-state index contributed by atoms with van der Waals surface area (Å²) < 4.78 is 5.81. The lowest BCUT2D eigenvalue weighted by Crippen LogP contribution is -2.20. The minimum absolute atomic E-state index is 0.145. The van der Waals surface area contributed by atoms with Gasteiger partial charge in [-0.3, -0.25) is 0 Å². The van der Waals surface area contributed by atoms with Gasteiger partial charge in [0.05, 0.1) is 30.8 Å². The standard InChI is InChI=1S/C25H28N6O2/c1-18-5-2-6-19(15-18)24-28-17-23(30-24)22-9-11-27-25(31-22)29-20-7-3-8-21(16-20)33-14-4-10-26-12-13-32/h2-3,5-9,11,15-17,26,32H,4,10,12-14H2,1H3,(H,28,30)(H,27,29,31). The molecular formula is C25H28N6O2. The summed E-state index contributed by atoms with van der Waals surface area (Å²) in [4.78, 5) is 16.8. The van der Waals surface area contributed by atoms with Gasteiger partial charge in [-0.2, -0.15) is 0 Å². The molecule has 0 aliphatic heterocycles. The molecule has 0 bridgehead atoms. The Hall–Kier alpha value is -3.75. The van der Waals surface area contributed by atoms with Crippen molar-refractivity contribution in [3.05, 3.63) is 72.6 Å². The second-order valence-electron chi connectivity index (χ2n) is 7.61. The largest absolute Gasteiger partial charge is 0.493 e. The van der Waals surface area contributed by atoms with Gasteiger partial charge in [-0.1, -0.05) is 29.8 Å². The van der Waals surface area contributed by atoms with Gasteiger partial charge in [0, 0.05) is 30.1 Å². The lowest BCUT2D eigenvalue weighted by molar-refractivity contribution is 0.282. The first kappa shape index (κ1) is 22.4. The van der Waals surface area contributed by atoms with Crippen molar-refractivity contribution >= 4 is 11.6 Å². The van der Waals surface area contributed by atoms with E-state index in [9.17, 15) is 0 Å². The number of rotatable bonds is 11. The lowest BCUT2D eigenvalue weighted by Gasteiger charge is -2.10. The van der Waals surface area contributed by atoms with Crippen LogP contribution in [0.25, 0.3) is 22.8 Å². The summed E-state index contributed by atoms with van der Waals surface area (Å²) in [6.45, 7) is 4.21. The maximum absolute atomic E-state index is 8.78. The van der Waals surface area contributed by atoms with Crippen molar-refractivity contribution in [2.45, 2.75) is 13.3 Å². The third kappa shape index (κ3) is 6.38. The Kier molecular flexibility index (Phi) is 7.63. The van der Waals surface area contributed by atoms with E-state index < -0.39 is 0 Å². The van der Waals surface area contributed by atoms with E-state index in [1.807, 2.05) is 42.5 Å². The van der Waals surface area contributed by atoms with Gasteiger partial charge in [-0.25, -0.2) is 15.0 Å². The average Bonchev–Trinajstić information content (AvgIpc) is 3.32. The highest BCUT2D eigenvalue weighted by molar-refractivity contribution is 5.64. The average molecular weight is 445 g/mol. The Bertz CT molecular complexity index is 1180. The van der Waals surface area contributed by atoms with Crippen LogP contribution in [0.3, 0.4) is 0 Å². The number of aromatic amines is 1. The van der Waals surface area contributed by atoms with Crippen molar-refractivity contribution in [2.75, 3.05) is 31.6 Å². The third-order valence-electron chi connectivity index (χ3n) is 4.94. The first-order valence-electron chi connectivity index (χ1n) is 11.0. The molecule has 4 rings (SSSR count). The first-order valence-corrected chi connectivity index (χ1v) is 11.0. The molecule has 0 amide bonds. The minimum atomic E-state index is 0.145. The highest BCUT2D eigenvalue weighted by Gasteiger charge is 2.09. The van der Waals surface area contributed by atoms with Crippen molar-refractivity contribution in [1.29, 1.82) is 0 Å². The van der Waals surface area contributed by atoms with Crippen LogP contribution in [0.15, 0.2) is 67.0 Å². The summed E-state index contributed by atoms with van der Waals surface area (Å²) in [6, 6.07) is 17.8. The Labute approximate surface area is 193 Å². The monoisotopic (exact) mass is 444 g/mol. The minimum Gasteiger partial charge on any atom is -0.493 e. The summed E-state index contributed by atoms with van der Waals surface area (Å²) in [5.41, 5.74) is 4.64. The van der Waals surface area contributed by atoms with Crippen LogP contribution in [0.1, 0.15) is 12.0 Å². The van der Waals surface area contributed by atoms with Crippen LogP contribution < -0.4 is 15.4 Å². The number of hydrogen-bond acceptors (Lipinski definition) is 7. The van der Waals surface area contributed by atoms with E-state index in [-0.39, 0.29) is 6.61 Å². The number of aliphatic hydroxyl groups is 1. The number of nitrogens with one attached hydrogen (secondary N) is 3. The van der Waals surface area contributed by atoms with E-state index in [2.05, 4.69) is 49.6 Å². The molecule has 0 saturated carbocycles. The molecule has 0 saturated heterocycles. The fourth-order valence-electron chi connectivity index (χ4n) is 3.34. The van der Waals surface area contributed by atoms with E-state index in [4.69, 9.17) is 9.84 Å². The zero-order valence-electron chi connectivity index (χ0n) is 18.6. The van der Waals surface area contributed by atoms with Crippen molar-refractivity contribution in [1.82, 2.24) is 25.3 Å². The van der Waals surface area contributed by atoms with Crippen LogP contribution in [0, 0.1) is 6.92 Å². The summed E-state index contributed by atoms with van der Waals surface area (Å²) in [6.07, 6.45) is 4.36. The van der Waals surface area contributed by atoms with Crippen LogP contribution in [-0.2, 0) is 0 Å². The number of ether oxygens (including phenoxy) is 1. The predicted molar refractivity (Wildman–Crippen MR) is 130 cm³/mol. The molecule has 0 spiro atoms. The van der Waals surface area contributed by atoms with E-state index >= 15 is 0 Å². The molecule has 2 aromatic carbocycles. The van der Waals surface area contributed by atoms with Gasteiger partial charge < -0.3 is 25.5 Å². The van der Waals surface area contributed by atoms with Gasteiger partial charge in [-0.15, -0.1) is 0 Å². The van der Waals surface area contributed by atoms with Crippen LogP contribution in [0.2, 0.25) is 0 Å². The number of aromatic nitrogens is 4.